The Morgan fingerprint density at radius 2 is 1.81 bits per heavy atom. The summed E-state index contributed by atoms with van der Waals surface area (Å²) in [4.78, 5) is 12.2. The van der Waals surface area contributed by atoms with Crippen LogP contribution in [0.25, 0.3) is 0 Å². The normalized spacial score (nSPS) is 11.9. The third-order valence-electron chi connectivity index (χ3n) is 4.20. The van der Waals surface area contributed by atoms with Crippen molar-refractivity contribution in [2.45, 2.75) is 39.7 Å². The second-order valence-electron chi connectivity index (χ2n) is 5.99. The number of nitrogens with one attached hydrogen (secondary N) is 1. The summed E-state index contributed by atoms with van der Waals surface area (Å²) in [6.07, 6.45) is 0.961. The lowest BCUT2D eigenvalue weighted by Crippen LogP contribution is -2.21. The van der Waals surface area contributed by atoms with Gasteiger partial charge in [0.25, 0.3) is 5.91 Å². The zero-order valence-corrected chi connectivity index (χ0v) is 15.1. The van der Waals surface area contributed by atoms with Crippen LogP contribution in [-0.2, 0) is 4.79 Å². The fourth-order valence-corrected chi connectivity index (χ4v) is 2.54. The van der Waals surface area contributed by atoms with E-state index in [1.807, 2.05) is 24.3 Å². The molecule has 0 saturated heterocycles. The van der Waals surface area contributed by atoms with Gasteiger partial charge in [-0.15, -0.1) is 0 Å². The van der Waals surface area contributed by atoms with Gasteiger partial charge < -0.3 is 14.8 Å². The number of anilines is 1. The van der Waals surface area contributed by atoms with Crippen molar-refractivity contribution in [3.8, 4) is 11.5 Å². The Balaban J connectivity index is 2.02. The first kappa shape index (κ1) is 19.7. The van der Waals surface area contributed by atoms with Crippen LogP contribution in [0.2, 0.25) is 0 Å². The number of halogens is 2. The molecule has 0 aromatic heterocycles. The van der Waals surface area contributed by atoms with Gasteiger partial charge in [0.2, 0.25) is 0 Å². The number of carbonyl (C=O) groups is 1. The van der Waals surface area contributed by atoms with Crippen LogP contribution < -0.4 is 14.8 Å². The van der Waals surface area contributed by atoms with Crippen molar-refractivity contribution in [1.82, 2.24) is 0 Å². The fraction of sp³-hybridized carbons (Fsp3) is 0.350. The highest BCUT2D eigenvalue weighted by molar-refractivity contribution is 5.93. The van der Waals surface area contributed by atoms with Gasteiger partial charge in [0.1, 0.15) is 11.5 Å². The van der Waals surface area contributed by atoms with Crippen molar-refractivity contribution in [1.29, 1.82) is 0 Å². The molecule has 1 unspecified atom stereocenters. The van der Waals surface area contributed by atoms with Crippen LogP contribution in [0.1, 0.15) is 37.3 Å². The molecule has 26 heavy (non-hydrogen) atoms. The maximum atomic E-state index is 12.4. The zero-order chi connectivity index (χ0) is 19.1. The molecule has 4 nitrogen and oxygen atoms in total. The molecule has 0 saturated carbocycles. The number of rotatable bonds is 8. The van der Waals surface area contributed by atoms with Crippen molar-refractivity contribution in [2.24, 2.45) is 0 Å². The molecule has 0 aliphatic carbocycles. The average molecular weight is 363 g/mol. The van der Waals surface area contributed by atoms with Gasteiger partial charge in [-0.1, -0.05) is 38.1 Å². The third kappa shape index (κ3) is 5.18. The van der Waals surface area contributed by atoms with Gasteiger partial charge in [0, 0.05) is 11.3 Å². The predicted octanol–water partition coefficient (Wildman–Crippen LogP) is 5.13. The van der Waals surface area contributed by atoms with E-state index in [0.717, 1.165) is 12.0 Å². The van der Waals surface area contributed by atoms with E-state index in [2.05, 4.69) is 23.9 Å². The molecule has 0 spiro atoms. The van der Waals surface area contributed by atoms with Crippen LogP contribution in [0, 0.1) is 6.92 Å². The van der Waals surface area contributed by atoms with Gasteiger partial charge in [0.15, 0.2) is 6.61 Å². The fourth-order valence-electron chi connectivity index (χ4n) is 2.54. The highest BCUT2D eigenvalue weighted by Crippen LogP contribution is 2.29. The van der Waals surface area contributed by atoms with E-state index < -0.39 is 6.61 Å². The first-order chi connectivity index (χ1) is 12.4. The molecule has 6 heteroatoms. The molecule has 0 bridgehead atoms. The molecule has 0 aliphatic heterocycles. The second-order valence-corrected chi connectivity index (χ2v) is 5.99. The summed E-state index contributed by atoms with van der Waals surface area (Å²) in [5, 5.41) is 2.67. The molecule has 1 atom stereocenters. The van der Waals surface area contributed by atoms with Crippen molar-refractivity contribution in [2.75, 3.05) is 11.9 Å². The number of benzene rings is 2. The van der Waals surface area contributed by atoms with E-state index in [1.54, 1.807) is 19.1 Å². The number of ether oxygens (including phenoxy) is 2. The maximum absolute atomic E-state index is 12.4. The van der Waals surface area contributed by atoms with Crippen molar-refractivity contribution < 1.29 is 23.0 Å². The van der Waals surface area contributed by atoms with Crippen LogP contribution in [-0.4, -0.2) is 19.1 Å². The summed E-state index contributed by atoms with van der Waals surface area (Å²) in [5.41, 5.74) is 1.89. The second kappa shape index (κ2) is 9.17. The van der Waals surface area contributed by atoms with Crippen LogP contribution in [0.3, 0.4) is 0 Å². The third-order valence-corrected chi connectivity index (χ3v) is 4.20. The first-order valence-corrected chi connectivity index (χ1v) is 8.48. The van der Waals surface area contributed by atoms with Crippen LogP contribution in [0.15, 0.2) is 42.5 Å². The standard InChI is InChI=1S/C20H23F2NO3/c1-4-13(2)15-8-5-6-10-18(15)25-12-19(24)23-16-9-7-11-17(14(16)3)26-20(21)22/h5-11,13,20H,4,12H2,1-3H3,(H,23,24). The Kier molecular flexibility index (Phi) is 6.95. The SMILES string of the molecule is CCC(C)c1ccccc1OCC(=O)Nc1cccc(OC(F)F)c1C. The summed E-state index contributed by atoms with van der Waals surface area (Å²) in [7, 11) is 0. The van der Waals surface area contributed by atoms with Gasteiger partial charge in [-0.05, 0) is 43.0 Å². The lowest BCUT2D eigenvalue weighted by atomic mass is 9.98. The topological polar surface area (TPSA) is 47.6 Å². The lowest BCUT2D eigenvalue weighted by Gasteiger charge is -2.16. The molecule has 1 N–H and O–H groups in total. The van der Waals surface area contributed by atoms with Gasteiger partial charge in [-0.25, -0.2) is 0 Å². The lowest BCUT2D eigenvalue weighted by molar-refractivity contribution is -0.118. The molecule has 2 aromatic rings. The minimum absolute atomic E-state index is 0.0286. The minimum Gasteiger partial charge on any atom is -0.483 e. The minimum atomic E-state index is -2.92. The van der Waals surface area contributed by atoms with E-state index in [4.69, 9.17) is 4.74 Å². The number of hydrogen-bond donors (Lipinski definition) is 1. The summed E-state index contributed by atoms with van der Waals surface area (Å²) >= 11 is 0. The number of hydrogen-bond acceptors (Lipinski definition) is 3. The van der Waals surface area contributed by atoms with Crippen molar-refractivity contribution >= 4 is 11.6 Å². The largest absolute Gasteiger partial charge is 0.483 e. The molecule has 2 aromatic carbocycles. The van der Waals surface area contributed by atoms with Crippen molar-refractivity contribution in [3.63, 3.8) is 0 Å². The molecule has 0 aliphatic rings. The van der Waals surface area contributed by atoms with Crippen LogP contribution >= 0.6 is 0 Å². The molecule has 0 radical (unpaired) electrons. The number of para-hydroxylation sites is 1. The number of carbonyl (C=O) groups excluding carboxylic acids is 1. The van der Waals surface area contributed by atoms with Gasteiger partial charge in [-0.3, -0.25) is 4.79 Å². The first-order valence-electron chi connectivity index (χ1n) is 8.48. The van der Waals surface area contributed by atoms with E-state index in [0.29, 0.717) is 22.9 Å². The predicted molar refractivity (Wildman–Crippen MR) is 97.1 cm³/mol. The van der Waals surface area contributed by atoms with Gasteiger partial charge >= 0.3 is 6.61 Å². The quantitative estimate of drug-likeness (QED) is 0.707. The summed E-state index contributed by atoms with van der Waals surface area (Å²) in [5.74, 6) is 0.644. The number of amides is 1. The molecule has 140 valence electrons. The molecule has 0 heterocycles. The molecular weight excluding hydrogens is 340 g/mol. The number of alkyl halides is 2. The van der Waals surface area contributed by atoms with E-state index in [-0.39, 0.29) is 18.3 Å². The molecule has 0 fully saturated rings. The monoisotopic (exact) mass is 363 g/mol. The Labute approximate surface area is 152 Å². The van der Waals surface area contributed by atoms with Crippen molar-refractivity contribution in [3.05, 3.63) is 53.6 Å². The summed E-state index contributed by atoms with van der Waals surface area (Å²) in [6.45, 7) is 2.70. The highest BCUT2D eigenvalue weighted by atomic mass is 19.3. The Morgan fingerprint density at radius 3 is 2.50 bits per heavy atom. The van der Waals surface area contributed by atoms with E-state index >= 15 is 0 Å². The van der Waals surface area contributed by atoms with Gasteiger partial charge in [0.05, 0.1) is 0 Å². The van der Waals surface area contributed by atoms with E-state index in [1.165, 1.54) is 6.07 Å². The smallest absolute Gasteiger partial charge is 0.387 e. The molecule has 1 amide bonds. The summed E-state index contributed by atoms with van der Waals surface area (Å²) in [6, 6.07) is 12.2. The zero-order valence-electron chi connectivity index (χ0n) is 15.1. The Bertz CT molecular complexity index is 750. The van der Waals surface area contributed by atoms with Gasteiger partial charge in [-0.2, -0.15) is 8.78 Å². The Morgan fingerprint density at radius 1 is 1.12 bits per heavy atom. The van der Waals surface area contributed by atoms with E-state index in [9.17, 15) is 13.6 Å². The maximum Gasteiger partial charge on any atom is 0.387 e. The average Bonchev–Trinajstić information content (AvgIpc) is 2.62. The molecular formula is C20H23F2NO3. The van der Waals surface area contributed by atoms with Crippen LogP contribution in [0.5, 0.6) is 11.5 Å². The summed E-state index contributed by atoms with van der Waals surface area (Å²) < 4.78 is 34.9. The highest BCUT2D eigenvalue weighted by Gasteiger charge is 2.14. The molecule has 2 rings (SSSR count). The Hall–Kier alpha value is -2.63. The van der Waals surface area contributed by atoms with Crippen LogP contribution in [0.4, 0.5) is 14.5 Å².